The molecular weight excluding hydrogens is 268 g/mol. The maximum absolute atomic E-state index is 11.0. The quantitative estimate of drug-likeness (QED) is 0.567. The minimum absolute atomic E-state index is 0. The van der Waals surface area contributed by atoms with Crippen molar-refractivity contribution in [1.82, 2.24) is 15.2 Å². The largest absolute Gasteiger partial charge is 1.00 e. The fraction of sp³-hybridized carbons (Fsp3) is 0.222. The maximum Gasteiger partial charge on any atom is 1.00 e. The third-order valence-corrected chi connectivity index (χ3v) is 1.52. The fourth-order valence-electron chi connectivity index (χ4n) is 0.967. The van der Waals surface area contributed by atoms with Gasteiger partial charge in [0.15, 0.2) is 0 Å². The topological polar surface area (TPSA) is 76.9 Å². The molecule has 0 saturated heterocycles. The summed E-state index contributed by atoms with van der Waals surface area (Å²) in [5.74, 6) is 0. The molecule has 2 heterocycles. The van der Waals surface area contributed by atoms with Crippen LogP contribution in [0.15, 0.2) is 28.0 Å². The van der Waals surface area contributed by atoms with E-state index in [-0.39, 0.29) is 63.7 Å². The van der Waals surface area contributed by atoms with Crippen LogP contribution < -0.4 is 74.3 Å². The van der Waals surface area contributed by atoms with Crippen LogP contribution in [0.4, 0.5) is 0 Å². The van der Waals surface area contributed by atoms with Crippen molar-refractivity contribution in [2.24, 2.45) is 0 Å². The molecule has 0 aliphatic rings. The van der Waals surface area contributed by atoms with E-state index in [0.29, 0.717) is 10.8 Å². The second-order valence-corrected chi connectivity index (χ2v) is 2.31. The monoisotopic (exact) mass is 277 g/mol. The summed E-state index contributed by atoms with van der Waals surface area (Å²) in [4.78, 5) is 25.3. The van der Waals surface area contributed by atoms with Crippen molar-refractivity contribution in [3.8, 4) is 0 Å². The standard InChI is InChI=1S/C7H5N3O2.C2H6.Rb/c11-6-1-5-4(2-8-6)3-9-10-7(5)12;1-2;/h1-3H,(H2,8,9,10,11,12);1-2H3;/q;;+1/p-1. The van der Waals surface area contributed by atoms with E-state index in [1.165, 1.54) is 18.5 Å². The molecule has 0 aliphatic heterocycles. The van der Waals surface area contributed by atoms with Crippen LogP contribution in [0.2, 0.25) is 0 Å². The molecular formula is C9H10N3O2Rb. The van der Waals surface area contributed by atoms with Gasteiger partial charge in [0.1, 0.15) is 0 Å². The molecule has 5 nitrogen and oxygen atoms in total. The predicted octanol–water partition coefficient (Wildman–Crippen LogP) is -2.73. The number of hydrogen-bond donors (Lipinski definition) is 1. The van der Waals surface area contributed by atoms with Crippen LogP contribution >= 0.6 is 0 Å². The Balaban J connectivity index is 0.000000617. The van der Waals surface area contributed by atoms with Gasteiger partial charge in [0.2, 0.25) is 0 Å². The summed E-state index contributed by atoms with van der Waals surface area (Å²) in [6.07, 6.45) is 2.78. The van der Waals surface area contributed by atoms with E-state index in [4.69, 9.17) is 0 Å². The molecule has 0 atom stereocenters. The number of pyridine rings is 1. The Hall–Kier alpha value is -0.105. The van der Waals surface area contributed by atoms with Gasteiger partial charge in [-0.3, -0.25) is 4.79 Å². The van der Waals surface area contributed by atoms with Crippen molar-refractivity contribution in [3.63, 3.8) is 0 Å². The summed E-state index contributed by atoms with van der Waals surface area (Å²) >= 11 is 0. The average Bonchev–Trinajstić information content (AvgIpc) is 2.22. The summed E-state index contributed by atoms with van der Waals surface area (Å²) < 4.78 is 0. The van der Waals surface area contributed by atoms with Crippen LogP contribution in [0, 0.1) is 0 Å². The molecule has 2 rings (SSSR count). The molecule has 0 spiro atoms. The van der Waals surface area contributed by atoms with Crippen molar-refractivity contribution in [2.75, 3.05) is 0 Å². The molecule has 0 saturated carbocycles. The van der Waals surface area contributed by atoms with Gasteiger partial charge in [0.05, 0.1) is 17.1 Å². The van der Waals surface area contributed by atoms with E-state index < -0.39 is 5.56 Å². The normalized spacial score (nSPS) is 8.67. The number of nitrogens with zero attached hydrogens (tertiary/aromatic N) is 2. The van der Waals surface area contributed by atoms with Gasteiger partial charge in [0.25, 0.3) is 5.56 Å². The Bertz CT molecular complexity index is 532. The molecule has 0 radical (unpaired) electrons. The molecule has 0 unspecified atom stereocenters. The summed E-state index contributed by atoms with van der Waals surface area (Å²) in [6, 6.07) is 1.19. The van der Waals surface area contributed by atoms with Crippen molar-refractivity contribution >= 4 is 10.8 Å². The molecule has 2 aromatic heterocycles. The predicted molar refractivity (Wildman–Crippen MR) is 53.3 cm³/mol. The number of aromatic amines is 1. The van der Waals surface area contributed by atoms with E-state index >= 15 is 0 Å². The summed E-state index contributed by atoms with van der Waals surface area (Å²) in [5, 5.41) is 6.68. The van der Waals surface area contributed by atoms with Crippen LogP contribution in [0.5, 0.6) is 0 Å². The third-order valence-electron chi connectivity index (χ3n) is 1.52. The molecule has 0 aromatic carbocycles. The van der Waals surface area contributed by atoms with Crippen molar-refractivity contribution in [1.29, 1.82) is 0 Å². The Kier molecular flexibility index (Phi) is 7.16. The van der Waals surface area contributed by atoms with E-state index in [1.807, 2.05) is 13.8 Å². The minimum atomic E-state index is -0.417. The number of rotatable bonds is 0. The van der Waals surface area contributed by atoms with Gasteiger partial charge < -0.3 is 9.78 Å². The molecule has 6 heteroatoms. The van der Waals surface area contributed by atoms with Crippen LogP contribution in [-0.2, 0) is 0 Å². The number of nitrogens with one attached hydrogen (secondary N) is 1. The minimum Gasteiger partial charge on any atom is -0.629 e. The van der Waals surface area contributed by atoms with Gasteiger partial charge >= 0.3 is 58.2 Å². The van der Waals surface area contributed by atoms with E-state index in [9.17, 15) is 9.59 Å². The smallest absolute Gasteiger partial charge is 0.629 e. The first-order chi connectivity index (χ1) is 6.77. The van der Waals surface area contributed by atoms with Crippen LogP contribution in [0.25, 0.3) is 10.8 Å². The number of hydrogen-bond acceptors (Lipinski definition) is 3. The van der Waals surface area contributed by atoms with Crippen LogP contribution in [-0.4, -0.2) is 10.2 Å². The van der Waals surface area contributed by atoms with Crippen LogP contribution in [0.1, 0.15) is 13.8 Å². The second-order valence-electron chi connectivity index (χ2n) is 2.31. The molecule has 0 fully saturated rings. The van der Waals surface area contributed by atoms with E-state index in [1.54, 1.807) is 0 Å². The van der Waals surface area contributed by atoms with E-state index in [0.717, 1.165) is 0 Å². The average molecular weight is 278 g/mol. The first kappa shape index (κ1) is 14.9. The third kappa shape index (κ3) is 3.75. The van der Waals surface area contributed by atoms with Crippen LogP contribution in [0.3, 0.4) is 0 Å². The Morgan fingerprint density at radius 2 is 2.00 bits per heavy atom. The van der Waals surface area contributed by atoms with Crippen molar-refractivity contribution in [2.45, 2.75) is 13.8 Å². The maximum atomic E-state index is 11.0. The first-order valence-corrected chi connectivity index (χ1v) is 4.28. The number of aromatic nitrogens is 3. The van der Waals surface area contributed by atoms with Gasteiger partial charge in [-0.15, -0.1) is 0 Å². The molecule has 1 N–H and O–H groups in total. The van der Waals surface area contributed by atoms with Gasteiger partial charge in [-0.05, 0) is 11.5 Å². The Labute approximate surface area is 135 Å². The molecule has 74 valence electrons. The molecule has 0 bridgehead atoms. The second kappa shape index (κ2) is 7.22. The van der Waals surface area contributed by atoms with Gasteiger partial charge in [-0.1, -0.05) is 13.8 Å². The fourth-order valence-corrected chi connectivity index (χ4v) is 0.967. The zero-order valence-electron chi connectivity index (χ0n) is 8.94. The first-order valence-electron chi connectivity index (χ1n) is 4.28. The number of fused-ring (bicyclic) bond motifs is 1. The summed E-state index contributed by atoms with van der Waals surface area (Å²) in [6.45, 7) is 4.00. The number of H-pyrrole nitrogens is 1. The van der Waals surface area contributed by atoms with Crippen molar-refractivity contribution < 1.29 is 58.2 Å². The van der Waals surface area contributed by atoms with Crippen molar-refractivity contribution in [3.05, 3.63) is 39.2 Å². The molecule has 2 aromatic rings. The van der Waals surface area contributed by atoms with Gasteiger partial charge in [-0.25, -0.2) is 5.10 Å². The Morgan fingerprint density at radius 3 is 2.67 bits per heavy atom. The SMILES string of the molecule is CC.O=c1cc2c(=O)[nH]ncc2c[n-]1.[Rb+]. The zero-order valence-corrected chi connectivity index (χ0v) is 13.9. The summed E-state index contributed by atoms with van der Waals surface area (Å²) in [7, 11) is 0. The Morgan fingerprint density at radius 1 is 1.33 bits per heavy atom. The van der Waals surface area contributed by atoms with E-state index in [2.05, 4.69) is 15.2 Å². The summed E-state index contributed by atoms with van der Waals surface area (Å²) in [5.41, 5.74) is -0.786. The van der Waals surface area contributed by atoms with Gasteiger partial charge in [-0.2, -0.15) is 11.3 Å². The molecule has 0 aliphatic carbocycles. The van der Waals surface area contributed by atoms with Gasteiger partial charge in [0, 0.05) is 0 Å². The zero-order chi connectivity index (χ0) is 10.6. The molecule has 0 amide bonds. The molecule has 15 heavy (non-hydrogen) atoms.